The fourth-order valence-corrected chi connectivity index (χ4v) is 5.12. The summed E-state index contributed by atoms with van der Waals surface area (Å²) in [4.78, 5) is 1.50. The Labute approximate surface area is 123 Å². The molecule has 1 aromatic heterocycles. The molecule has 2 N–H and O–H groups in total. The molecule has 0 saturated carbocycles. The predicted molar refractivity (Wildman–Crippen MR) is 81.8 cm³/mol. The van der Waals surface area contributed by atoms with Crippen molar-refractivity contribution in [1.29, 1.82) is 0 Å². The van der Waals surface area contributed by atoms with Gasteiger partial charge in [0.25, 0.3) is 0 Å². The molecular weight excluding hydrogens is 292 g/mol. The van der Waals surface area contributed by atoms with E-state index in [0.29, 0.717) is 10.8 Å². The molecule has 1 aromatic carbocycles. The lowest BCUT2D eigenvalue weighted by atomic mass is 10.3. The van der Waals surface area contributed by atoms with Gasteiger partial charge in [0.15, 0.2) is 0 Å². The van der Waals surface area contributed by atoms with Crippen LogP contribution in [0.25, 0.3) is 10.1 Å². The van der Waals surface area contributed by atoms with Crippen molar-refractivity contribution in [2.24, 2.45) is 0 Å². The molecule has 4 nitrogen and oxygen atoms in total. The Balaban J connectivity index is 1.67. The van der Waals surface area contributed by atoms with E-state index in [1.807, 2.05) is 24.3 Å². The van der Waals surface area contributed by atoms with Gasteiger partial charge in [0, 0.05) is 17.5 Å². The molecule has 0 unspecified atom stereocenters. The summed E-state index contributed by atoms with van der Waals surface area (Å²) in [7, 11) is -3.36. The van der Waals surface area contributed by atoms with E-state index in [9.17, 15) is 8.42 Å². The van der Waals surface area contributed by atoms with E-state index in [1.54, 1.807) is 6.07 Å². The van der Waals surface area contributed by atoms with Gasteiger partial charge < -0.3 is 4.90 Å². The molecule has 0 bridgehead atoms. The van der Waals surface area contributed by atoms with Crippen molar-refractivity contribution in [2.75, 3.05) is 26.2 Å². The molecule has 0 spiro atoms. The summed E-state index contributed by atoms with van der Waals surface area (Å²) in [6.45, 7) is 3.74. The lowest BCUT2D eigenvalue weighted by Crippen LogP contribution is -3.10. The fourth-order valence-electron chi connectivity index (χ4n) is 2.65. The van der Waals surface area contributed by atoms with E-state index in [2.05, 4.69) is 4.72 Å². The molecule has 0 atom stereocenters. The van der Waals surface area contributed by atoms with Crippen molar-refractivity contribution < 1.29 is 13.3 Å². The van der Waals surface area contributed by atoms with Crippen LogP contribution in [0.3, 0.4) is 0 Å². The van der Waals surface area contributed by atoms with E-state index in [-0.39, 0.29) is 0 Å². The monoisotopic (exact) mass is 311 g/mol. The molecule has 1 aliphatic rings. The van der Waals surface area contributed by atoms with Gasteiger partial charge in [0.2, 0.25) is 10.0 Å². The van der Waals surface area contributed by atoms with Gasteiger partial charge in [-0.3, -0.25) is 0 Å². The summed E-state index contributed by atoms with van der Waals surface area (Å²) in [6, 6.07) is 9.51. The Morgan fingerprint density at radius 1 is 1.20 bits per heavy atom. The number of quaternary nitrogens is 1. The largest absolute Gasteiger partial charge is 0.334 e. The highest BCUT2D eigenvalue weighted by Crippen LogP contribution is 2.28. The zero-order valence-electron chi connectivity index (χ0n) is 11.3. The average molecular weight is 311 g/mol. The quantitative estimate of drug-likeness (QED) is 0.860. The first-order valence-corrected chi connectivity index (χ1v) is 9.27. The second-order valence-electron chi connectivity index (χ2n) is 5.21. The van der Waals surface area contributed by atoms with Crippen LogP contribution in [0.2, 0.25) is 0 Å². The average Bonchev–Trinajstić information content (AvgIpc) is 3.07. The molecular formula is C14H19N2O2S2+. The minimum Gasteiger partial charge on any atom is -0.334 e. The van der Waals surface area contributed by atoms with Crippen LogP contribution in [0.5, 0.6) is 0 Å². The molecule has 1 fully saturated rings. The topological polar surface area (TPSA) is 50.6 Å². The van der Waals surface area contributed by atoms with Gasteiger partial charge in [-0.25, -0.2) is 13.1 Å². The Morgan fingerprint density at radius 2 is 1.95 bits per heavy atom. The van der Waals surface area contributed by atoms with Crippen molar-refractivity contribution in [1.82, 2.24) is 4.72 Å². The summed E-state index contributed by atoms with van der Waals surface area (Å²) < 4.78 is 28.7. The maximum Gasteiger partial charge on any atom is 0.250 e. The summed E-state index contributed by atoms with van der Waals surface area (Å²) in [6.07, 6.45) is 2.52. The Morgan fingerprint density at radius 3 is 2.70 bits per heavy atom. The van der Waals surface area contributed by atoms with Crippen LogP contribution in [0.15, 0.2) is 34.5 Å². The number of nitrogens with one attached hydrogen (secondary N) is 2. The first kappa shape index (κ1) is 14.0. The molecule has 108 valence electrons. The van der Waals surface area contributed by atoms with E-state index in [4.69, 9.17) is 0 Å². The first-order chi connectivity index (χ1) is 9.65. The molecule has 0 radical (unpaired) electrons. The van der Waals surface area contributed by atoms with E-state index >= 15 is 0 Å². The number of rotatable bonds is 5. The van der Waals surface area contributed by atoms with Gasteiger partial charge in [-0.15, -0.1) is 11.3 Å². The molecule has 2 aromatic rings. The lowest BCUT2D eigenvalue weighted by molar-refractivity contribution is -0.886. The highest BCUT2D eigenvalue weighted by atomic mass is 32.2. The van der Waals surface area contributed by atoms with Crippen LogP contribution >= 0.6 is 11.3 Å². The van der Waals surface area contributed by atoms with Gasteiger partial charge in [-0.05, 0) is 17.5 Å². The third kappa shape index (κ3) is 3.03. The van der Waals surface area contributed by atoms with Gasteiger partial charge in [-0.2, -0.15) is 0 Å². The van der Waals surface area contributed by atoms with Gasteiger partial charge >= 0.3 is 0 Å². The zero-order valence-corrected chi connectivity index (χ0v) is 12.9. The number of sulfonamides is 1. The van der Waals surface area contributed by atoms with Gasteiger partial charge in [0.1, 0.15) is 4.21 Å². The summed E-state index contributed by atoms with van der Waals surface area (Å²) >= 11 is 1.33. The number of benzene rings is 1. The highest BCUT2D eigenvalue weighted by molar-refractivity contribution is 7.91. The van der Waals surface area contributed by atoms with Gasteiger partial charge in [-0.1, -0.05) is 18.2 Å². The predicted octanol–water partition coefficient (Wildman–Crippen LogP) is 0.858. The molecule has 1 saturated heterocycles. The van der Waals surface area contributed by atoms with Crippen molar-refractivity contribution in [3.63, 3.8) is 0 Å². The van der Waals surface area contributed by atoms with E-state index < -0.39 is 10.0 Å². The van der Waals surface area contributed by atoms with Crippen molar-refractivity contribution >= 4 is 31.4 Å². The fraction of sp³-hybridized carbons (Fsp3) is 0.429. The summed E-state index contributed by atoms with van der Waals surface area (Å²) in [5.74, 6) is 0. The molecule has 2 heterocycles. The Hall–Kier alpha value is -0.950. The minimum atomic E-state index is -3.36. The van der Waals surface area contributed by atoms with Crippen LogP contribution in [0.1, 0.15) is 12.8 Å². The standard InChI is InChI=1S/C14H18N2O2S2/c17-20(18,15-7-10-16-8-3-4-9-16)14-11-12-5-1-2-6-13(12)19-14/h1-2,5-6,11,15H,3-4,7-10H2/p+1. The van der Waals surface area contributed by atoms with Crippen LogP contribution in [0, 0.1) is 0 Å². The van der Waals surface area contributed by atoms with E-state index in [0.717, 1.165) is 16.6 Å². The minimum absolute atomic E-state index is 0.412. The molecule has 0 amide bonds. The molecule has 3 rings (SSSR count). The van der Waals surface area contributed by atoms with Crippen molar-refractivity contribution in [3.8, 4) is 0 Å². The Kier molecular flexibility index (Phi) is 4.07. The Bertz CT molecular complexity index is 655. The third-order valence-electron chi connectivity index (χ3n) is 3.75. The molecule has 0 aliphatic carbocycles. The number of fused-ring (bicyclic) bond motifs is 1. The summed E-state index contributed by atoms with van der Waals surface area (Å²) in [5.41, 5.74) is 0. The zero-order chi connectivity index (χ0) is 14.0. The highest BCUT2D eigenvalue weighted by Gasteiger charge is 2.19. The molecule has 20 heavy (non-hydrogen) atoms. The normalized spacial score (nSPS) is 17.0. The second-order valence-corrected chi connectivity index (χ2v) is 8.29. The SMILES string of the molecule is O=S(=O)(NCC[NH+]1CCCC1)c1cc2ccccc2s1. The van der Waals surface area contributed by atoms with Crippen LogP contribution in [-0.2, 0) is 10.0 Å². The lowest BCUT2D eigenvalue weighted by Gasteiger charge is -2.12. The maximum atomic E-state index is 12.3. The van der Waals surface area contributed by atoms with Crippen LogP contribution < -0.4 is 9.62 Å². The second kappa shape index (κ2) is 5.81. The van der Waals surface area contributed by atoms with Crippen molar-refractivity contribution in [2.45, 2.75) is 17.1 Å². The first-order valence-electron chi connectivity index (χ1n) is 6.97. The number of hydrogen-bond donors (Lipinski definition) is 2. The van der Waals surface area contributed by atoms with Crippen molar-refractivity contribution in [3.05, 3.63) is 30.3 Å². The number of likely N-dealkylation sites (tertiary alicyclic amines) is 1. The molecule has 1 aliphatic heterocycles. The maximum absolute atomic E-state index is 12.3. The number of hydrogen-bond acceptors (Lipinski definition) is 3. The van der Waals surface area contributed by atoms with E-state index in [1.165, 1.54) is 42.2 Å². The summed E-state index contributed by atoms with van der Waals surface area (Å²) in [5, 5.41) is 0.989. The van der Waals surface area contributed by atoms with Crippen LogP contribution in [-0.4, -0.2) is 34.6 Å². The number of thiophene rings is 1. The van der Waals surface area contributed by atoms with Gasteiger partial charge in [0.05, 0.1) is 26.2 Å². The third-order valence-corrected chi connectivity index (χ3v) is 6.80. The van der Waals surface area contributed by atoms with Crippen LogP contribution in [0.4, 0.5) is 0 Å². The molecule has 6 heteroatoms. The smallest absolute Gasteiger partial charge is 0.250 e.